The molecule has 1 heterocycles. The first-order valence-corrected chi connectivity index (χ1v) is 8.06. The Morgan fingerprint density at radius 2 is 2.19 bits per heavy atom. The predicted molar refractivity (Wildman–Crippen MR) is 83.8 cm³/mol. The van der Waals surface area contributed by atoms with Crippen molar-refractivity contribution in [1.29, 1.82) is 5.26 Å². The largest absolute Gasteiger partial charge is 0.292 e. The fraction of sp³-hybridized carbons (Fsp3) is 0.375. The van der Waals surface area contributed by atoms with E-state index in [1.807, 2.05) is 49.8 Å². The molecule has 1 aromatic carbocycles. The Balaban J connectivity index is 1.82. The molecule has 0 saturated heterocycles. The second-order valence-corrected chi connectivity index (χ2v) is 6.49. The second kappa shape index (κ2) is 5.92. The maximum atomic E-state index is 9.84. The monoisotopic (exact) mass is 298 g/mol. The van der Waals surface area contributed by atoms with E-state index in [2.05, 4.69) is 16.5 Å². The molecule has 2 aromatic rings. The van der Waals surface area contributed by atoms with Crippen LogP contribution in [0.4, 0.5) is 0 Å². The van der Waals surface area contributed by atoms with Gasteiger partial charge in [0, 0.05) is 29.9 Å². The van der Waals surface area contributed by atoms with Gasteiger partial charge >= 0.3 is 0 Å². The van der Waals surface area contributed by atoms with Crippen LogP contribution in [0.2, 0.25) is 0 Å². The van der Waals surface area contributed by atoms with Crippen molar-refractivity contribution in [1.82, 2.24) is 15.1 Å². The Kier molecular flexibility index (Phi) is 4.00. The van der Waals surface area contributed by atoms with Crippen molar-refractivity contribution in [2.24, 2.45) is 7.05 Å². The third kappa shape index (κ3) is 3.29. The van der Waals surface area contributed by atoms with Crippen LogP contribution in [0.25, 0.3) is 0 Å². The van der Waals surface area contributed by atoms with E-state index in [0.29, 0.717) is 11.8 Å². The number of hydrogen-bond acceptors (Lipinski definition) is 4. The van der Waals surface area contributed by atoms with Gasteiger partial charge in [0.2, 0.25) is 0 Å². The standard InChI is InChI=1S/C16H18N4S/c1-20-10-15(9-18-20)21-12-16(11-17,19-14-7-8-14)13-5-3-2-4-6-13/h2-6,9-10,14,19H,7-8,12H2,1H3. The summed E-state index contributed by atoms with van der Waals surface area (Å²) < 4.78 is 1.78. The van der Waals surface area contributed by atoms with Crippen LogP contribution >= 0.6 is 11.8 Å². The maximum absolute atomic E-state index is 9.84. The zero-order valence-electron chi connectivity index (χ0n) is 12.0. The van der Waals surface area contributed by atoms with Gasteiger partial charge in [0.25, 0.3) is 0 Å². The first-order valence-electron chi connectivity index (χ1n) is 7.08. The minimum absolute atomic E-state index is 0.472. The zero-order chi connectivity index (χ0) is 14.7. The molecule has 0 spiro atoms. The van der Waals surface area contributed by atoms with Crippen LogP contribution in [0.15, 0.2) is 47.6 Å². The van der Waals surface area contributed by atoms with Crippen LogP contribution in [0, 0.1) is 11.3 Å². The summed E-state index contributed by atoms with van der Waals surface area (Å²) in [6.07, 6.45) is 6.14. The molecule has 1 aromatic heterocycles. The average molecular weight is 298 g/mol. The quantitative estimate of drug-likeness (QED) is 0.833. The fourth-order valence-electron chi connectivity index (χ4n) is 2.30. The summed E-state index contributed by atoms with van der Waals surface area (Å²) in [7, 11) is 1.90. The number of hydrogen-bond donors (Lipinski definition) is 1. The predicted octanol–water partition coefficient (Wildman–Crippen LogP) is 2.68. The molecular weight excluding hydrogens is 280 g/mol. The van der Waals surface area contributed by atoms with Crippen molar-refractivity contribution < 1.29 is 0 Å². The van der Waals surface area contributed by atoms with E-state index >= 15 is 0 Å². The summed E-state index contributed by atoms with van der Waals surface area (Å²) >= 11 is 1.67. The topological polar surface area (TPSA) is 53.6 Å². The van der Waals surface area contributed by atoms with E-state index in [1.165, 1.54) is 0 Å². The van der Waals surface area contributed by atoms with E-state index in [-0.39, 0.29) is 0 Å². The third-order valence-electron chi connectivity index (χ3n) is 3.62. The third-order valence-corrected chi connectivity index (χ3v) is 4.74. The van der Waals surface area contributed by atoms with Gasteiger partial charge in [-0.2, -0.15) is 10.4 Å². The van der Waals surface area contributed by atoms with Crippen LogP contribution in [0.5, 0.6) is 0 Å². The van der Waals surface area contributed by atoms with Crippen LogP contribution in [0.1, 0.15) is 18.4 Å². The lowest BCUT2D eigenvalue weighted by molar-refractivity contribution is 0.470. The molecule has 1 aliphatic rings. The molecule has 4 nitrogen and oxygen atoms in total. The Morgan fingerprint density at radius 3 is 2.76 bits per heavy atom. The van der Waals surface area contributed by atoms with Crippen molar-refractivity contribution in [3.8, 4) is 6.07 Å². The molecule has 1 unspecified atom stereocenters. The second-order valence-electron chi connectivity index (χ2n) is 5.44. The van der Waals surface area contributed by atoms with E-state index in [0.717, 1.165) is 23.3 Å². The number of rotatable bonds is 6. The summed E-state index contributed by atoms with van der Waals surface area (Å²) in [6, 6.07) is 13.0. The lowest BCUT2D eigenvalue weighted by Crippen LogP contribution is -2.44. The molecule has 108 valence electrons. The highest BCUT2D eigenvalue weighted by atomic mass is 32.2. The molecule has 5 heteroatoms. The van der Waals surface area contributed by atoms with Gasteiger partial charge in [-0.3, -0.25) is 10.00 Å². The molecule has 0 aliphatic heterocycles. The van der Waals surface area contributed by atoms with Crippen molar-refractivity contribution in [3.63, 3.8) is 0 Å². The average Bonchev–Trinajstić information content (AvgIpc) is 3.24. The highest BCUT2D eigenvalue weighted by Crippen LogP contribution is 2.33. The molecule has 21 heavy (non-hydrogen) atoms. The summed E-state index contributed by atoms with van der Waals surface area (Å²) in [4.78, 5) is 1.09. The number of nitrogens with zero attached hydrogens (tertiary/aromatic N) is 3. The molecule has 1 aliphatic carbocycles. The summed E-state index contributed by atoms with van der Waals surface area (Å²) in [5.41, 5.74) is 0.402. The van der Waals surface area contributed by atoms with Crippen LogP contribution in [0.3, 0.4) is 0 Å². The normalized spacial score (nSPS) is 17.1. The Hall–Kier alpha value is -1.77. The minimum Gasteiger partial charge on any atom is -0.292 e. The molecule has 0 radical (unpaired) electrons. The van der Waals surface area contributed by atoms with Gasteiger partial charge in [0.05, 0.1) is 12.3 Å². The molecule has 1 atom stereocenters. The van der Waals surface area contributed by atoms with Gasteiger partial charge in [-0.15, -0.1) is 11.8 Å². The number of thioether (sulfide) groups is 1. The van der Waals surface area contributed by atoms with Crippen molar-refractivity contribution in [3.05, 3.63) is 48.3 Å². The van der Waals surface area contributed by atoms with Gasteiger partial charge in [-0.25, -0.2) is 0 Å². The molecule has 3 rings (SSSR count). The van der Waals surface area contributed by atoms with Crippen molar-refractivity contribution in [2.45, 2.75) is 29.3 Å². The molecule has 0 bridgehead atoms. The summed E-state index contributed by atoms with van der Waals surface area (Å²) in [5, 5.41) is 17.6. The Bertz CT molecular complexity index is 642. The van der Waals surface area contributed by atoms with E-state index in [9.17, 15) is 5.26 Å². The van der Waals surface area contributed by atoms with Crippen molar-refractivity contribution in [2.75, 3.05) is 5.75 Å². The van der Waals surface area contributed by atoms with E-state index in [1.54, 1.807) is 16.4 Å². The number of aromatic nitrogens is 2. The number of nitrogens with one attached hydrogen (secondary N) is 1. The Labute approximate surface area is 129 Å². The smallest absolute Gasteiger partial charge is 0.141 e. The van der Waals surface area contributed by atoms with Gasteiger partial charge in [0.15, 0.2) is 0 Å². The minimum atomic E-state index is -0.636. The zero-order valence-corrected chi connectivity index (χ0v) is 12.8. The number of nitriles is 1. The SMILES string of the molecule is Cn1cc(SCC(C#N)(NC2CC2)c2ccccc2)cn1. The lowest BCUT2D eigenvalue weighted by atomic mass is 9.93. The summed E-state index contributed by atoms with van der Waals surface area (Å²) in [5.74, 6) is 0.676. The van der Waals surface area contributed by atoms with Gasteiger partial charge in [-0.1, -0.05) is 30.3 Å². The van der Waals surface area contributed by atoms with Gasteiger partial charge in [0.1, 0.15) is 5.54 Å². The summed E-state index contributed by atoms with van der Waals surface area (Å²) in [6.45, 7) is 0. The highest BCUT2D eigenvalue weighted by Gasteiger charge is 2.38. The van der Waals surface area contributed by atoms with Gasteiger partial charge in [-0.05, 0) is 18.4 Å². The van der Waals surface area contributed by atoms with Gasteiger partial charge < -0.3 is 0 Å². The van der Waals surface area contributed by atoms with Crippen LogP contribution in [-0.4, -0.2) is 21.6 Å². The van der Waals surface area contributed by atoms with Crippen LogP contribution < -0.4 is 5.32 Å². The number of aryl methyl sites for hydroxylation is 1. The highest BCUT2D eigenvalue weighted by molar-refractivity contribution is 7.99. The van der Waals surface area contributed by atoms with E-state index < -0.39 is 5.54 Å². The molecule has 1 fully saturated rings. The first kappa shape index (κ1) is 14.2. The molecular formula is C16H18N4S. The van der Waals surface area contributed by atoms with Crippen LogP contribution in [-0.2, 0) is 12.6 Å². The first-order chi connectivity index (χ1) is 10.2. The fourth-order valence-corrected chi connectivity index (χ4v) is 3.35. The number of benzene rings is 1. The van der Waals surface area contributed by atoms with Crippen molar-refractivity contribution >= 4 is 11.8 Å². The molecule has 1 saturated carbocycles. The lowest BCUT2D eigenvalue weighted by Gasteiger charge is -2.28. The molecule has 0 amide bonds. The molecule has 1 N–H and O–H groups in total. The van der Waals surface area contributed by atoms with E-state index in [4.69, 9.17) is 0 Å². The Morgan fingerprint density at radius 1 is 1.43 bits per heavy atom. The maximum Gasteiger partial charge on any atom is 0.141 e.